The number of hydrogen-bond donors (Lipinski definition) is 1. The predicted octanol–water partition coefficient (Wildman–Crippen LogP) is 2.72. The van der Waals surface area contributed by atoms with Gasteiger partial charge in [0.2, 0.25) is 11.8 Å². The van der Waals surface area contributed by atoms with Gasteiger partial charge in [-0.05, 0) is 50.2 Å². The van der Waals surface area contributed by atoms with Gasteiger partial charge in [0.15, 0.2) is 0 Å². The zero-order chi connectivity index (χ0) is 19.5. The molecular weight excluding hydrogens is 354 g/mol. The van der Waals surface area contributed by atoms with E-state index in [9.17, 15) is 14.4 Å². The molecule has 3 aliphatic rings. The fourth-order valence-corrected chi connectivity index (χ4v) is 4.79. The summed E-state index contributed by atoms with van der Waals surface area (Å²) in [5.74, 6) is 0.162. The Hall–Kier alpha value is -2.37. The molecule has 6 nitrogen and oxygen atoms in total. The first-order valence-electron chi connectivity index (χ1n) is 10.6. The summed E-state index contributed by atoms with van der Waals surface area (Å²) in [5.41, 5.74) is 1.07. The molecule has 1 aromatic carbocycles. The van der Waals surface area contributed by atoms with Crippen LogP contribution < -0.4 is 10.2 Å². The van der Waals surface area contributed by atoms with Crippen molar-refractivity contribution in [2.45, 2.75) is 57.4 Å². The van der Waals surface area contributed by atoms with Crippen molar-refractivity contribution in [3.8, 4) is 0 Å². The third-order valence-corrected chi connectivity index (χ3v) is 6.35. The van der Waals surface area contributed by atoms with Gasteiger partial charge in [0.1, 0.15) is 12.6 Å². The number of anilines is 1. The summed E-state index contributed by atoms with van der Waals surface area (Å²) in [7, 11) is 0. The Morgan fingerprint density at radius 1 is 1.00 bits per heavy atom. The molecule has 28 heavy (non-hydrogen) atoms. The molecule has 2 aliphatic heterocycles. The van der Waals surface area contributed by atoms with Crippen LogP contribution in [0.3, 0.4) is 0 Å². The Morgan fingerprint density at radius 2 is 1.75 bits per heavy atom. The topological polar surface area (TPSA) is 69.7 Å². The largest absolute Gasteiger partial charge is 0.354 e. The van der Waals surface area contributed by atoms with E-state index in [1.165, 1.54) is 24.2 Å². The summed E-state index contributed by atoms with van der Waals surface area (Å²) >= 11 is 0. The lowest BCUT2D eigenvalue weighted by Gasteiger charge is -2.34. The van der Waals surface area contributed by atoms with Gasteiger partial charge in [-0.15, -0.1) is 0 Å². The van der Waals surface area contributed by atoms with Crippen LogP contribution >= 0.6 is 0 Å². The Morgan fingerprint density at radius 3 is 2.57 bits per heavy atom. The zero-order valence-electron chi connectivity index (χ0n) is 16.4. The molecule has 1 N–H and O–H groups in total. The van der Waals surface area contributed by atoms with Crippen LogP contribution in [0.4, 0.5) is 5.69 Å². The van der Waals surface area contributed by atoms with Crippen molar-refractivity contribution in [2.75, 3.05) is 24.5 Å². The number of para-hydroxylation sites is 1. The molecule has 1 saturated heterocycles. The lowest BCUT2D eigenvalue weighted by molar-refractivity contribution is -0.126. The molecular formula is C22H29N3O3. The summed E-state index contributed by atoms with van der Waals surface area (Å²) in [6, 6.07) is 6.70. The quantitative estimate of drug-likeness (QED) is 0.869. The third-order valence-electron chi connectivity index (χ3n) is 6.35. The number of amides is 3. The molecule has 2 fully saturated rings. The third kappa shape index (κ3) is 3.77. The monoisotopic (exact) mass is 383 g/mol. The Bertz CT molecular complexity index is 757. The first-order valence-corrected chi connectivity index (χ1v) is 10.6. The standard InChI is InChI=1S/C22H29N3O3/c26-20(23-14-16-8-2-1-3-9-16)15-25-18-11-5-4-10-17(18)21(27)24-13-7-6-12-19(24)22(25)28/h4-5,10-11,16,19H,1-3,6-9,12-15H2,(H,23,26). The Balaban J connectivity index is 1.52. The minimum absolute atomic E-state index is 0.0276. The number of carbonyl (C=O) groups is 3. The van der Waals surface area contributed by atoms with E-state index in [0.29, 0.717) is 36.7 Å². The van der Waals surface area contributed by atoms with E-state index in [4.69, 9.17) is 0 Å². The number of nitrogens with zero attached hydrogens (tertiary/aromatic N) is 2. The molecule has 0 spiro atoms. The number of benzene rings is 1. The molecule has 1 saturated carbocycles. The molecule has 150 valence electrons. The highest BCUT2D eigenvalue weighted by molar-refractivity contribution is 6.12. The molecule has 2 heterocycles. The molecule has 4 rings (SSSR count). The second kappa shape index (κ2) is 8.33. The van der Waals surface area contributed by atoms with E-state index >= 15 is 0 Å². The van der Waals surface area contributed by atoms with Crippen LogP contribution in [0.5, 0.6) is 0 Å². The van der Waals surface area contributed by atoms with E-state index in [-0.39, 0.29) is 24.3 Å². The molecule has 0 aromatic heterocycles. The molecule has 3 amide bonds. The number of carbonyl (C=O) groups excluding carboxylic acids is 3. The molecule has 0 bridgehead atoms. The van der Waals surface area contributed by atoms with Gasteiger partial charge in [0.25, 0.3) is 5.91 Å². The van der Waals surface area contributed by atoms with Crippen LogP contribution in [0.1, 0.15) is 61.7 Å². The second-order valence-corrected chi connectivity index (χ2v) is 8.26. The van der Waals surface area contributed by atoms with Crippen LogP contribution in [-0.4, -0.2) is 48.3 Å². The van der Waals surface area contributed by atoms with E-state index < -0.39 is 6.04 Å². The highest BCUT2D eigenvalue weighted by Crippen LogP contribution is 2.31. The van der Waals surface area contributed by atoms with Gasteiger partial charge in [-0.1, -0.05) is 31.4 Å². The highest BCUT2D eigenvalue weighted by Gasteiger charge is 2.40. The molecule has 1 aliphatic carbocycles. The van der Waals surface area contributed by atoms with Crippen LogP contribution in [0.25, 0.3) is 0 Å². The van der Waals surface area contributed by atoms with Gasteiger partial charge in [-0.3, -0.25) is 14.4 Å². The molecule has 6 heteroatoms. The van der Waals surface area contributed by atoms with Crippen molar-refractivity contribution in [3.63, 3.8) is 0 Å². The van der Waals surface area contributed by atoms with Crippen LogP contribution in [-0.2, 0) is 9.59 Å². The van der Waals surface area contributed by atoms with Crippen molar-refractivity contribution in [2.24, 2.45) is 5.92 Å². The summed E-state index contributed by atoms with van der Waals surface area (Å²) in [6.07, 6.45) is 8.59. The van der Waals surface area contributed by atoms with E-state index in [2.05, 4.69) is 5.32 Å². The molecule has 0 radical (unpaired) electrons. The first-order chi connectivity index (χ1) is 13.6. The lowest BCUT2D eigenvalue weighted by Crippen LogP contribution is -2.52. The first kappa shape index (κ1) is 19.0. The smallest absolute Gasteiger partial charge is 0.256 e. The number of piperidine rings is 1. The fourth-order valence-electron chi connectivity index (χ4n) is 4.79. The minimum Gasteiger partial charge on any atom is -0.354 e. The van der Waals surface area contributed by atoms with Gasteiger partial charge >= 0.3 is 0 Å². The number of nitrogens with one attached hydrogen (secondary N) is 1. The fraction of sp³-hybridized carbons (Fsp3) is 0.591. The maximum atomic E-state index is 13.3. The molecule has 1 unspecified atom stereocenters. The number of hydrogen-bond acceptors (Lipinski definition) is 3. The summed E-state index contributed by atoms with van der Waals surface area (Å²) < 4.78 is 0. The van der Waals surface area contributed by atoms with Gasteiger partial charge in [-0.25, -0.2) is 0 Å². The average molecular weight is 383 g/mol. The van der Waals surface area contributed by atoms with E-state index in [1.54, 1.807) is 17.0 Å². The summed E-state index contributed by atoms with van der Waals surface area (Å²) in [4.78, 5) is 42.2. The van der Waals surface area contributed by atoms with Crippen LogP contribution in [0.15, 0.2) is 24.3 Å². The van der Waals surface area contributed by atoms with Crippen LogP contribution in [0.2, 0.25) is 0 Å². The Kier molecular flexibility index (Phi) is 5.64. The lowest BCUT2D eigenvalue weighted by atomic mass is 9.89. The maximum absolute atomic E-state index is 13.3. The van der Waals surface area contributed by atoms with Crippen molar-refractivity contribution in [1.82, 2.24) is 10.2 Å². The Labute approximate surface area is 166 Å². The normalized spacial score (nSPS) is 23.1. The SMILES string of the molecule is O=C(CN1C(=O)C2CCCCN2C(=O)c2ccccc21)NCC1CCCCC1. The van der Waals surface area contributed by atoms with Gasteiger partial charge in [-0.2, -0.15) is 0 Å². The van der Waals surface area contributed by atoms with Gasteiger partial charge in [0.05, 0.1) is 11.3 Å². The average Bonchev–Trinajstić information content (AvgIpc) is 2.83. The predicted molar refractivity (Wildman–Crippen MR) is 107 cm³/mol. The number of fused-ring (bicyclic) bond motifs is 2. The van der Waals surface area contributed by atoms with Crippen molar-refractivity contribution in [1.29, 1.82) is 0 Å². The highest BCUT2D eigenvalue weighted by atomic mass is 16.2. The van der Waals surface area contributed by atoms with Gasteiger partial charge in [0, 0.05) is 13.1 Å². The summed E-state index contributed by atoms with van der Waals surface area (Å²) in [6.45, 7) is 1.25. The zero-order valence-corrected chi connectivity index (χ0v) is 16.4. The minimum atomic E-state index is -0.459. The number of rotatable bonds is 4. The van der Waals surface area contributed by atoms with Crippen molar-refractivity contribution in [3.05, 3.63) is 29.8 Å². The maximum Gasteiger partial charge on any atom is 0.256 e. The van der Waals surface area contributed by atoms with E-state index in [1.807, 2.05) is 12.1 Å². The van der Waals surface area contributed by atoms with Crippen molar-refractivity contribution >= 4 is 23.4 Å². The van der Waals surface area contributed by atoms with Gasteiger partial charge < -0.3 is 15.1 Å². The summed E-state index contributed by atoms with van der Waals surface area (Å²) in [5, 5.41) is 3.02. The molecule has 1 aromatic rings. The van der Waals surface area contributed by atoms with Crippen LogP contribution in [0, 0.1) is 5.92 Å². The second-order valence-electron chi connectivity index (χ2n) is 8.26. The molecule has 1 atom stereocenters. The van der Waals surface area contributed by atoms with Crippen molar-refractivity contribution < 1.29 is 14.4 Å². The van der Waals surface area contributed by atoms with E-state index in [0.717, 1.165) is 25.7 Å².